The highest BCUT2D eigenvalue weighted by Gasteiger charge is 2.02. The molecule has 0 aliphatic heterocycles. The van der Waals surface area contributed by atoms with Gasteiger partial charge in [-0.25, -0.2) is 0 Å². The lowest BCUT2D eigenvalue weighted by Gasteiger charge is -2.06. The minimum Gasteiger partial charge on any atom is -0.537 e. The van der Waals surface area contributed by atoms with Crippen LogP contribution in [0.3, 0.4) is 0 Å². The Morgan fingerprint density at radius 2 is 1.89 bits per heavy atom. The van der Waals surface area contributed by atoms with Gasteiger partial charge in [-0.2, -0.15) is 0 Å². The van der Waals surface area contributed by atoms with Crippen LogP contribution in [0.15, 0.2) is 0 Å². The highest BCUT2D eigenvalue weighted by atomic mass is 16.4. The molecule has 0 unspecified atom stereocenters. The molecule has 0 saturated carbocycles. The highest BCUT2D eigenvalue weighted by Crippen LogP contribution is 2.09. The van der Waals surface area contributed by atoms with E-state index in [0.29, 0.717) is 0 Å². The Kier molecular flexibility index (Phi) is 2.27. The zero-order valence-corrected chi connectivity index (χ0v) is 5.82. The third-order valence-electron chi connectivity index (χ3n) is 0.540. The molecule has 0 fully saturated rings. The van der Waals surface area contributed by atoms with Gasteiger partial charge in [0.1, 0.15) is 5.97 Å². The van der Waals surface area contributed by atoms with Gasteiger partial charge in [-0.15, -0.1) is 0 Å². The molecule has 0 aromatic heterocycles. The monoisotopic (exact) mass is 125 g/mol. The van der Waals surface area contributed by atoms with Crippen molar-refractivity contribution >= 4 is 5.97 Å². The quantitative estimate of drug-likeness (QED) is 0.420. The fraction of sp³-hybridized carbons (Fsp3) is 0.571. The molecule has 0 aliphatic rings. The normalized spacial score (nSPS) is 9.67. The first-order valence-corrected chi connectivity index (χ1v) is 2.66. The summed E-state index contributed by atoms with van der Waals surface area (Å²) in [6.45, 7) is 5.51. The van der Waals surface area contributed by atoms with Gasteiger partial charge < -0.3 is 9.90 Å². The van der Waals surface area contributed by atoms with E-state index in [2.05, 4.69) is 5.92 Å². The van der Waals surface area contributed by atoms with Gasteiger partial charge in [0.25, 0.3) is 0 Å². The van der Waals surface area contributed by atoms with Crippen LogP contribution in [-0.2, 0) is 4.79 Å². The average Bonchev–Trinajstić information content (AvgIpc) is 1.59. The largest absolute Gasteiger partial charge is 0.537 e. The SMILES string of the molecule is CC(C)(C)C#CC(=O)[O-]. The molecule has 0 bridgehead atoms. The van der Waals surface area contributed by atoms with Crippen LogP contribution in [0.25, 0.3) is 0 Å². The molecule has 0 saturated heterocycles. The minimum atomic E-state index is -1.31. The summed E-state index contributed by atoms with van der Waals surface area (Å²) < 4.78 is 0. The van der Waals surface area contributed by atoms with Gasteiger partial charge in [-0.05, 0) is 26.7 Å². The lowest BCUT2D eigenvalue weighted by molar-refractivity contribution is -0.295. The molecule has 50 valence electrons. The molecule has 0 N–H and O–H groups in total. The van der Waals surface area contributed by atoms with E-state index in [9.17, 15) is 9.90 Å². The average molecular weight is 125 g/mol. The summed E-state index contributed by atoms with van der Waals surface area (Å²) in [4.78, 5) is 9.76. The van der Waals surface area contributed by atoms with Crippen molar-refractivity contribution < 1.29 is 9.90 Å². The predicted octanol–water partition coefficient (Wildman–Crippen LogP) is -0.214. The second kappa shape index (κ2) is 2.54. The van der Waals surface area contributed by atoms with Crippen molar-refractivity contribution in [3.63, 3.8) is 0 Å². The summed E-state index contributed by atoms with van der Waals surface area (Å²) in [5, 5.41) is 9.76. The number of hydrogen-bond donors (Lipinski definition) is 0. The molecule has 0 spiro atoms. The fourth-order valence-corrected chi connectivity index (χ4v) is 0.239. The fourth-order valence-electron chi connectivity index (χ4n) is 0.239. The highest BCUT2D eigenvalue weighted by molar-refractivity contribution is 5.84. The first-order chi connectivity index (χ1) is 3.92. The Morgan fingerprint density at radius 3 is 2.00 bits per heavy atom. The Balaban J connectivity index is 4.04. The Morgan fingerprint density at radius 1 is 1.44 bits per heavy atom. The number of carbonyl (C=O) groups is 1. The van der Waals surface area contributed by atoms with Crippen LogP contribution >= 0.6 is 0 Å². The van der Waals surface area contributed by atoms with Crippen molar-refractivity contribution in [3.05, 3.63) is 0 Å². The number of carboxylic acid groups (broad SMARTS) is 1. The van der Waals surface area contributed by atoms with Crippen LogP contribution < -0.4 is 5.11 Å². The van der Waals surface area contributed by atoms with Gasteiger partial charge in [0.15, 0.2) is 0 Å². The van der Waals surface area contributed by atoms with Crippen molar-refractivity contribution in [2.24, 2.45) is 5.41 Å². The number of carbonyl (C=O) groups excluding carboxylic acids is 1. The summed E-state index contributed by atoms with van der Waals surface area (Å²) in [5.41, 5.74) is -0.250. The van der Waals surface area contributed by atoms with E-state index >= 15 is 0 Å². The maximum Gasteiger partial charge on any atom is 0.116 e. The molecule has 0 radical (unpaired) electrons. The first kappa shape index (κ1) is 8.03. The summed E-state index contributed by atoms with van der Waals surface area (Å²) in [6, 6.07) is 0. The summed E-state index contributed by atoms with van der Waals surface area (Å²) in [6.07, 6.45) is 0. The molecule has 0 aromatic carbocycles. The van der Waals surface area contributed by atoms with Gasteiger partial charge in [0, 0.05) is 5.41 Å². The van der Waals surface area contributed by atoms with Crippen molar-refractivity contribution in [2.75, 3.05) is 0 Å². The smallest absolute Gasteiger partial charge is 0.116 e. The van der Waals surface area contributed by atoms with Gasteiger partial charge >= 0.3 is 0 Å². The standard InChI is InChI=1S/C7H10O2/c1-7(2,3)5-4-6(8)9/h1-3H3,(H,8,9)/p-1. The summed E-state index contributed by atoms with van der Waals surface area (Å²) >= 11 is 0. The molecular weight excluding hydrogens is 116 g/mol. The van der Waals surface area contributed by atoms with Crippen LogP contribution in [0, 0.1) is 17.3 Å². The lowest BCUT2D eigenvalue weighted by atomic mass is 9.98. The third-order valence-corrected chi connectivity index (χ3v) is 0.540. The van der Waals surface area contributed by atoms with Crippen molar-refractivity contribution in [3.8, 4) is 11.8 Å². The molecule has 2 nitrogen and oxygen atoms in total. The number of carboxylic acids is 1. The van der Waals surface area contributed by atoms with Gasteiger partial charge in [-0.1, -0.05) is 5.92 Å². The van der Waals surface area contributed by atoms with E-state index in [1.807, 2.05) is 26.7 Å². The Bertz CT molecular complexity index is 164. The molecule has 0 heterocycles. The van der Waals surface area contributed by atoms with Gasteiger partial charge in [-0.3, -0.25) is 0 Å². The van der Waals surface area contributed by atoms with E-state index in [0.717, 1.165) is 0 Å². The Labute approximate surface area is 54.9 Å². The molecule has 0 aromatic rings. The first-order valence-electron chi connectivity index (χ1n) is 2.66. The van der Waals surface area contributed by atoms with E-state index < -0.39 is 5.97 Å². The zero-order valence-electron chi connectivity index (χ0n) is 5.82. The van der Waals surface area contributed by atoms with Crippen molar-refractivity contribution in [2.45, 2.75) is 20.8 Å². The predicted molar refractivity (Wildman–Crippen MR) is 32.2 cm³/mol. The van der Waals surface area contributed by atoms with Crippen LogP contribution in [0.5, 0.6) is 0 Å². The van der Waals surface area contributed by atoms with E-state index in [4.69, 9.17) is 0 Å². The third kappa shape index (κ3) is 7.03. The molecule has 0 amide bonds. The zero-order chi connectivity index (χ0) is 7.49. The van der Waals surface area contributed by atoms with Crippen LogP contribution in [-0.4, -0.2) is 5.97 Å². The van der Waals surface area contributed by atoms with Crippen molar-refractivity contribution in [1.82, 2.24) is 0 Å². The van der Waals surface area contributed by atoms with Crippen LogP contribution in [0.4, 0.5) is 0 Å². The molecule has 2 heteroatoms. The molecular formula is C7H9O2-. The minimum absolute atomic E-state index is 0.250. The molecule has 0 rings (SSSR count). The molecule has 0 atom stereocenters. The lowest BCUT2D eigenvalue weighted by Crippen LogP contribution is -2.20. The number of rotatable bonds is 0. The molecule has 0 aliphatic carbocycles. The maximum absolute atomic E-state index is 9.76. The van der Waals surface area contributed by atoms with Gasteiger partial charge in [0.2, 0.25) is 0 Å². The number of hydrogen-bond acceptors (Lipinski definition) is 2. The van der Waals surface area contributed by atoms with E-state index in [1.165, 1.54) is 0 Å². The molecule has 9 heavy (non-hydrogen) atoms. The van der Waals surface area contributed by atoms with E-state index in [-0.39, 0.29) is 5.41 Å². The van der Waals surface area contributed by atoms with Crippen LogP contribution in [0.2, 0.25) is 0 Å². The summed E-state index contributed by atoms with van der Waals surface area (Å²) in [5.74, 6) is 3.14. The van der Waals surface area contributed by atoms with E-state index in [1.54, 1.807) is 0 Å². The summed E-state index contributed by atoms with van der Waals surface area (Å²) in [7, 11) is 0. The van der Waals surface area contributed by atoms with Gasteiger partial charge in [0.05, 0.1) is 0 Å². The van der Waals surface area contributed by atoms with Crippen molar-refractivity contribution in [1.29, 1.82) is 0 Å². The second-order valence-electron chi connectivity index (χ2n) is 2.79. The second-order valence-corrected chi connectivity index (χ2v) is 2.79. The topological polar surface area (TPSA) is 40.1 Å². The van der Waals surface area contributed by atoms with Crippen LogP contribution in [0.1, 0.15) is 20.8 Å². The number of aliphatic carboxylic acids is 1. The Hall–Kier alpha value is -0.970. The maximum atomic E-state index is 9.76.